The molecule has 0 aliphatic heterocycles. The maximum Gasteiger partial charge on any atom is 0.142 e. The van der Waals surface area contributed by atoms with Crippen LogP contribution in [0.25, 0.3) is 0 Å². The fourth-order valence-electron chi connectivity index (χ4n) is 1.65. The van der Waals surface area contributed by atoms with Crippen LogP contribution in [0.15, 0.2) is 41.0 Å². The minimum atomic E-state index is -0.425. The monoisotopic (exact) mass is 239 g/mol. The Morgan fingerprint density at radius 3 is 2.75 bits per heavy atom. The van der Waals surface area contributed by atoms with Crippen LogP contribution in [-0.2, 0) is 0 Å². The van der Waals surface area contributed by atoms with Gasteiger partial charge in [0.25, 0.3) is 0 Å². The molecule has 4 heteroatoms. The lowest BCUT2D eigenvalue weighted by molar-refractivity contribution is 0.462. The van der Waals surface area contributed by atoms with Crippen LogP contribution in [0.4, 0.5) is 4.39 Å². The molecule has 0 saturated heterocycles. The SMILES string of the molecule is CNC(c1ccco1)c1cccc(F)c1Cl. The first-order valence-electron chi connectivity index (χ1n) is 4.88. The predicted molar refractivity (Wildman–Crippen MR) is 61.0 cm³/mol. The molecule has 0 fully saturated rings. The van der Waals surface area contributed by atoms with Crippen molar-refractivity contribution >= 4 is 11.6 Å². The summed E-state index contributed by atoms with van der Waals surface area (Å²) in [5.74, 6) is 0.279. The second kappa shape index (κ2) is 4.68. The van der Waals surface area contributed by atoms with E-state index in [0.29, 0.717) is 11.3 Å². The first-order chi connectivity index (χ1) is 7.74. The Morgan fingerprint density at radius 1 is 1.31 bits per heavy atom. The molecular formula is C12H11ClFNO. The summed E-state index contributed by atoms with van der Waals surface area (Å²) in [4.78, 5) is 0. The van der Waals surface area contributed by atoms with Gasteiger partial charge in [-0.1, -0.05) is 23.7 Å². The molecule has 1 aromatic carbocycles. The molecule has 84 valence electrons. The summed E-state index contributed by atoms with van der Waals surface area (Å²) in [6.45, 7) is 0. The Bertz CT molecular complexity index is 470. The average molecular weight is 240 g/mol. The van der Waals surface area contributed by atoms with Gasteiger partial charge in [0.2, 0.25) is 0 Å². The van der Waals surface area contributed by atoms with Crippen molar-refractivity contribution in [2.75, 3.05) is 7.05 Å². The van der Waals surface area contributed by atoms with Gasteiger partial charge in [0.15, 0.2) is 0 Å². The van der Waals surface area contributed by atoms with Gasteiger partial charge in [-0.25, -0.2) is 4.39 Å². The van der Waals surface area contributed by atoms with Gasteiger partial charge in [-0.2, -0.15) is 0 Å². The number of benzene rings is 1. The van der Waals surface area contributed by atoms with Crippen LogP contribution in [0.5, 0.6) is 0 Å². The number of furan rings is 1. The van der Waals surface area contributed by atoms with Gasteiger partial charge >= 0.3 is 0 Å². The van der Waals surface area contributed by atoms with E-state index in [1.807, 2.05) is 6.07 Å². The topological polar surface area (TPSA) is 25.2 Å². The molecular weight excluding hydrogens is 229 g/mol. The van der Waals surface area contributed by atoms with Gasteiger partial charge in [0, 0.05) is 0 Å². The molecule has 2 nitrogen and oxygen atoms in total. The zero-order valence-electron chi connectivity index (χ0n) is 8.71. The van der Waals surface area contributed by atoms with E-state index in [1.54, 1.807) is 31.5 Å². The van der Waals surface area contributed by atoms with Crippen molar-refractivity contribution in [3.63, 3.8) is 0 Å². The smallest absolute Gasteiger partial charge is 0.142 e. The molecule has 1 N–H and O–H groups in total. The molecule has 0 spiro atoms. The minimum Gasteiger partial charge on any atom is -0.467 e. The molecule has 0 saturated carbocycles. The van der Waals surface area contributed by atoms with Crippen molar-refractivity contribution in [1.29, 1.82) is 0 Å². The Morgan fingerprint density at radius 2 is 2.12 bits per heavy atom. The Balaban J connectivity index is 2.45. The van der Waals surface area contributed by atoms with Crippen LogP contribution < -0.4 is 5.32 Å². The van der Waals surface area contributed by atoms with Crippen LogP contribution in [-0.4, -0.2) is 7.05 Å². The van der Waals surface area contributed by atoms with Gasteiger partial charge in [0.05, 0.1) is 17.3 Å². The third-order valence-electron chi connectivity index (χ3n) is 2.41. The van der Waals surface area contributed by atoms with Crippen molar-refractivity contribution in [3.8, 4) is 0 Å². The van der Waals surface area contributed by atoms with Gasteiger partial charge in [-0.3, -0.25) is 0 Å². The van der Waals surface area contributed by atoms with Gasteiger partial charge in [-0.15, -0.1) is 0 Å². The normalized spacial score (nSPS) is 12.7. The van der Waals surface area contributed by atoms with E-state index in [0.717, 1.165) is 0 Å². The van der Waals surface area contributed by atoms with E-state index in [4.69, 9.17) is 16.0 Å². The maximum atomic E-state index is 13.3. The zero-order chi connectivity index (χ0) is 11.5. The second-order valence-corrected chi connectivity index (χ2v) is 3.76. The van der Waals surface area contributed by atoms with E-state index >= 15 is 0 Å². The summed E-state index contributed by atoms with van der Waals surface area (Å²) in [5.41, 5.74) is 0.666. The highest BCUT2D eigenvalue weighted by Crippen LogP contribution is 2.29. The molecule has 2 aromatic rings. The molecule has 0 amide bonds. The molecule has 1 heterocycles. The standard InChI is InChI=1S/C12H11ClFNO/c1-15-12(10-6-3-7-16-10)8-4-2-5-9(14)11(8)13/h2-7,12,15H,1H3. The molecule has 1 aromatic heterocycles. The quantitative estimate of drug-likeness (QED) is 0.888. The second-order valence-electron chi connectivity index (χ2n) is 3.38. The highest BCUT2D eigenvalue weighted by Gasteiger charge is 2.19. The summed E-state index contributed by atoms with van der Waals surface area (Å²) in [5, 5.41) is 3.17. The van der Waals surface area contributed by atoms with Crippen LogP contribution >= 0.6 is 11.6 Å². The lowest BCUT2D eigenvalue weighted by atomic mass is 10.0. The zero-order valence-corrected chi connectivity index (χ0v) is 9.46. The highest BCUT2D eigenvalue weighted by atomic mass is 35.5. The molecule has 0 aliphatic rings. The van der Waals surface area contributed by atoms with E-state index < -0.39 is 5.82 Å². The molecule has 16 heavy (non-hydrogen) atoms. The van der Waals surface area contributed by atoms with Gasteiger partial charge < -0.3 is 9.73 Å². The first-order valence-corrected chi connectivity index (χ1v) is 5.26. The number of hydrogen-bond donors (Lipinski definition) is 1. The number of nitrogens with one attached hydrogen (secondary N) is 1. The van der Waals surface area contributed by atoms with Crippen LogP contribution in [0.1, 0.15) is 17.4 Å². The van der Waals surface area contributed by atoms with Crippen molar-refractivity contribution in [1.82, 2.24) is 5.32 Å². The van der Waals surface area contributed by atoms with Crippen LogP contribution in [0.3, 0.4) is 0 Å². The highest BCUT2D eigenvalue weighted by molar-refractivity contribution is 6.31. The molecule has 1 atom stereocenters. The lowest BCUT2D eigenvalue weighted by Gasteiger charge is -2.15. The first kappa shape index (κ1) is 11.2. The van der Waals surface area contributed by atoms with E-state index in [9.17, 15) is 4.39 Å². The molecule has 0 bridgehead atoms. The minimum absolute atomic E-state index is 0.123. The van der Waals surface area contributed by atoms with Crippen molar-refractivity contribution in [3.05, 3.63) is 58.8 Å². The molecule has 0 radical (unpaired) electrons. The average Bonchev–Trinajstić information content (AvgIpc) is 2.79. The summed E-state index contributed by atoms with van der Waals surface area (Å²) in [6.07, 6.45) is 1.58. The number of rotatable bonds is 3. The van der Waals surface area contributed by atoms with Crippen LogP contribution in [0.2, 0.25) is 5.02 Å². The maximum absolute atomic E-state index is 13.3. The van der Waals surface area contributed by atoms with Crippen molar-refractivity contribution in [2.45, 2.75) is 6.04 Å². The Labute approximate surface area is 98.0 Å². The predicted octanol–water partition coefficient (Wildman–Crippen LogP) is 3.38. The summed E-state index contributed by atoms with van der Waals surface area (Å²) in [7, 11) is 1.77. The lowest BCUT2D eigenvalue weighted by Crippen LogP contribution is -2.17. The third-order valence-corrected chi connectivity index (χ3v) is 2.81. The van der Waals surface area contributed by atoms with Crippen molar-refractivity contribution < 1.29 is 8.81 Å². The third kappa shape index (κ3) is 1.96. The van der Waals surface area contributed by atoms with E-state index in [2.05, 4.69) is 5.32 Å². The molecule has 1 unspecified atom stereocenters. The summed E-state index contributed by atoms with van der Waals surface area (Å²) < 4.78 is 18.6. The molecule has 0 aliphatic carbocycles. The fourth-order valence-corrected chi connectivity index (χ4v) is 1.89. The summed E-state index contributed by atoms with van der Waals surface area (Å²) in [6, 6.07) is 8.10. The van der Waals surface area contributed by atoms with E-state index in [-0.39, 0.29) is 11.1 Å². The molecule has 2 rings (SSSR count). The fraction of sp³-hybridized carbons (Fsp3) is 0.167. The van der Waals surface area contributed by atoms with Gasteiger partial charge in [-0.05, 0) is 30.8 Å². The Kier molecular flexibility index (Phi) is 3.27. The number of halogens is 2. The largest absolute Gasteiger partial charge is 0.467 e. The van der Waals surface area contributed by atoms with Crippen molar-refractivity contribution in [2.24, 2.45) is 0 Å². The Hall–Kier alpha value is -1.32. The van der Waals surface area contributed by atoms with Crippen LogP contribution in [0, 0.1) is 5.82 Å². The van der Waals surface area contributed by atoms with E-state index in [1.165, 1.54) is 6.07 Å². The van der Waals surface area contributed by atoms with Gasteiger partial charge in [0.1, 0.15) is 11.6 Å². The summed E-state index contributed by atoms with van der Waals surface area (Å²) >= 11 is 5.93. The number of hydrogen-bond acceptors (Lipinski definition) is 2.